The Hall–Kier alpha value is -2.09. The van der Waals surface area contributed by atoms with Gasteiger partial charge in [0.15, 0.2) is 0 Å². The summed E-state index contributed by atoms with van der Waals surface area (Å²) in [6, 6.07) is 16.8. The van der Waals surface area contributed by atoms with Gasteiger partial charge in [-0.2, -0.15) is 0 Å². The van der Waals surface area contributed by atoms with E-state index in [1.165, 1.54) is 16.7 Å². The van der Waals surface area contributed by atoms with Crippen LogP contribution in [-0.4, -0.2) is 12.5 Å². The predicted octanol–water partition coefficient (Wildman–Crippen LogP) is 3.77. The van der Waals surface area contributed by atoms with E-state index in [-0.39, 0.29) is 5.91 Å². The Morgan fingerprint density at radius 1 is 1.05 bits per heavy atom. The summed E-state index contributed by atoms with van der Waals surface area (Å²) >= 11 is 0. The summed E-state index contributed by atoms with van der Waals surface area (Å²) in [6.07, 6.45) is 3.44. The molecule has 1 aliphatic rings. The fourth-order valence-corrected chi connectivity index (χ4v) is 2.93. The monoisotopic (exact) mass is 279 g/mol. The van der Waals surface area contributed by atoms with Gasteiger partial charge in [0.1, 0.15) is 0 Å². The van der Waals surface area contributed by atoms with Gasteiger partial charge < -0.3 is 4.90 Å². The Labute approximate surface area is 126 Å². The van der Waals surface area contributed by atoms with Crippen LogP contribution < -0.4 is 4.90 Å². The summed E-state index contributed by atoms with van der Waals surface area (Å²) in [5.74, 6) is 0.236. The largest absolute Gasteiger partial charge is 0.312 e. The lowest BCUT2D eigenvalue weighted by Gasteiger charge is -2.17. The number of benzene rings is 2. The SMILES string of the molecule is CCc1ccc(CCC(=O)N2CCc3ccccc32)cc1. The van der Waals surface area contributed by atoms with Gasteiger partial charge in [0, 0.05) is 18.7 Å². The van der Waals surface area contributed by atoms with Gasteiger partial charge in [-0.1, -0.05) is 49.4 Å². The van der Waals surface area contributed by atoms with Gasteiger partial charge >= 0.3 is 0 Å². The maximum absolute atomic E-state index is 12.4. The van der Waals surface area contributed by atoms with Crippen molar-refractivity contribution in [2.45, 2.75) is 32.6 Å². The number of para-hydroxylation sites is 1. The second-order valence-corrected chi connectivity index (χ2v) is 5.59. The smallest absolute Gasteiger partial charge is 0.227 e. The molecule has 2 nitrogen and oxygen atoms in total. The van der Waals surface area contributed by atoms with Crippen molar-refractivity contribution in [1.82, 2.24) is 0 Å². The van der Waals surface area contributed by atoms with Crippen molar-refractivity contribution in [1.29, 1.82) is 0 Å². The first-order valence-electron chi connectivity index (χ1n) is 7.74. The normalized spacial score (nSPS) is 13.3. The van der Waals surface area contributed by atoms with Crippen LogP contribution in [0.4, 0.5) is 5.69 Å². The molecule has 0 aliphatic carbocycles. The average molecular weight is 279 g/mol. The standard InChI is InChI=1S/C19H21NO/c1-2-15-7-9-16(10-8-15)11-12-19(21)20-14-13-17-5-3-4-6-18(17)20/h3-10H,2,11-14H2,1H3. The van der Waals surface area contributed by atoms with Gasteiger partial charge in [-0.05, 0) is 42.0 Å². The van der Waals surface area contributed by atoms with Crippen molar-refractivity contribution in [2.24, 2.45) is 0 Å². The highest BCUT2D eigenvalue weighted by Gasteiger charge is 2.23. The number of carbonyl (C=O) groups is 1. The molecule has 1 amide bonds. The summed E-state index contributed by atoms with van der Waals surface area (Å²) in [5, 5.41) is 0. The van der Waals surface area contributed by atoms with E-state index in [4.69, 9.17) is 0 Å². The van der Waals surface area contributed by atoms with Crippen LogP contribution in [0, 0.1) is 0 Å². The quantitative estimate of drug-likeness (QED) is 0.834. The third-order valence-electron chi connectivity index (χ3n) is 4.25. The third-order valence-corrected chi connectivity index (χ3v) is 4.25. The number of anilines is 1. The van der Waals surface area contributed by atoms with Crippen LogP contribution in [0.1, 0.15) is 30.0 Å². The highest BCUT2D eigenvalue weighted by atomic mass is 16.2. The molecule has 21 heavy (non-hydrogen) atoms. The second-order valence-electron chi connectivity index (χ2n) is 5.59. The first-order chi connectivity index (χ1) is 10.3. The maximum Gasteiger partial charge on any atom is 0.227 e. The second kappa shape index (κ2) is 6.13. The van der Waals surface area contributed by atoms with E-state index >= 15 is 0 Å². The lowest BCUT2D eigenvalue weighted by molar-refractivity contribution is -0.118. The van der Waals surface area contributed by atoms with Crippen molar-refractivity contribution in [3.8, 4) is 0 Å². The predicted molar refractivity (Wildman–Crippen MR) is 86.6 cm³/mol. The number of amides is 1. The van der Waals surface area contributed by atoms with E-state index in [1.54, 1.807) is 0 Å². The molecular formula is C19H21NO. The summed E-state index contributed by atoms with van der Waals surface area (Å²) in [4.78, 5) is 14.4. The number of fused-ring (bicyclic) bond motifs is 1. The summed E-state index contributed by atoms with van der Waals surface area (Å²) in [6.45, 7) is 2.98. The lowest BCUT2D eigenvalue weighted by Crippen LogP contribution is -2.29. The van der Waals surface area contributed by atoms with Gasteiger partial charge in [0.2, 0.25) is 5.91 Å². The first kappa shape index (κ1) is 13.9. The summed E-state index contributed by atoms with van der Waals surface area (Å²) in [7, 11) is 0. The van der Waals surface area contributed by atoms with Crippen LogP contribution in [0.5, 0.6) is 0 Å². The molecule has 0 aromatic heterocycles. The number of carbonyl (C=O) groups excluding carboxylic acids is 1. The van der Waals surface area contributed by atoms with Gasteiger partial charge in [-0.3, -0.25) is 4.79 Å². The highest BCUT2D eigenvalue weighted by molar-refractivity contribution is 5.95. The van der Waals surface area contributed by atoms with Crippen molar-refractivity contribution < 1.29 is 4.79 Å². The molecule has 0 bridgehead atoms. The maximum atomic E-state index is 12.4. The van der Waals surface area contributed by atoms with E-state index in [1.807, 2.05) is 17.0 Å². The molecule has 0 spiro atoms. The third kappa shape index (κ3) is 2.99. The number of aryl methyl sites for hydroxylation is 2. The summed E-state index contributed by atoms with van der Waals surface area (Å²) in [5.41, 5.74) is 4.98. The Morgan fingerprint density at radius 2 is 1.76 bits per heavy atom. The fraction of sp³-hybridized carbons (Fsp3) is 0.316. The number of rotatable bonds is 4. The molecule has 2 aromatic rings. The van der Waals surface area contributed by atoms with Crippen molar-refractivity contribution in [2.75, 3.05) is 11.4 Å². The Morgan fingerprint density at radius 3 is 2.52 bits per heavy atom. The molecule has 0 unspecified atom stereocenters. The molecule has 0 fully saturated rings. The Bertz CT molecular complexity index is 630. The molecule has 0 atom stereocenters. The molecule has 0 saturated carbocycles. The molecule has 0 saturated heterocycles. The van der Waals surface area contributed by atoms with Crippen LogP contribution in [0.3, 0.4) is 0 Å². The van der Waals surface area contributed by atoms with Gasteiger partial charge in [0.25, 0.3) is 0 Å². The average Bonchev–Trinajstić information content (AvgIpc) is 2.97. The summed E-state index contributed by atoms with van der Waals surface area (Å²) < 4.78 is 0. The zero-order valence-electron chi connectivity index (χ0n) is 12.5. The van der Waals surface area contributed by atoms with E-state index in [2.05, 4.69) is 43.3 Å². The van der Waals surface area contributed by atoms with Crippen LogP contribution in [0.25, 0.3) is 0 Å². The minimum atomic E-state index is 0.236. The first-order valence-corrected chi connectivity index (χ1v) is 7.74. The van der Waals surface area contributed by atoms with Gasteiger partial charge in [-0.25, -0.2) is 0 Å². The Kier molecular flexibility index (Phi) is 4.05. The van der Waals surface area contributed by atoms with Gasteiger partial charge in [-0.15, -0.1) is 0 Å². The van der Waals surface area contributed by atoms with Crippen LogP contribution >= 0.6 is 0 Å². The van der Waals surface area contributed by atoms with Crippen molar-refractivity contribution >= 4 is 11.6 Å². The minimum Gasteiger partial charge on any atom is -0.312 e. The fourth-order valence-electron chi connectivity index (χ4n) is 2.93. The number of hydrogen-bond donors (Lipinski definition) is 0. The zero-order chi connectivity index (χ0) is 14.7. The van der Waals surface area contributed by atoms with Crippen LogP contribution in [0.15, 0.2) is 48.5 Å². The lowest BCUT2D eigenvalue weighted by atomic mass is 10.1. The van der Waals surface area contributed by atoms with E-state index < -0.39 is 0 Å². The van der Waals surface area contributed by atoms with E-state index in [9.17, 15) is 4.79 Å². The minimum absolute atomic E-state index is 0.236. The molecule has 0 N–H and O–H groups in total. The van der Waals surface area contributed by atoms with E-state index in [0.717, 1.165) is 31.5 Å². The van der Waals surface area contributed by atoms with E-state index in [0.29, 0.717) is 6.42 Å². The topological polar surface area (TPSA) is 20.3 Å². The van der Waals surface area contributed by atoms with Crippen molar-refractivity contribution in [3.05, 3.63) is 65.2 Å². The molecule has 108 valence electrons. The van der Waals surface area contributed by atoms with Crippen LogP contribution in [0.2, 0.25) is 0 Å². The molecule has 1 aliphatic heterocycles. The highest BCUT2D eigenvalue weighted by Crippen LogP contribution is 2.28. The molecule has 1 heterocycles. The van der Waals surface area contributed by atoms with Crippen LogP contribution in [-0.2, 0) is 24.1 Å². The molecule has 2 heteroatoms. The molecule has 2 aromatic carbocycles. The Balaban J connectivity index is 1.62. The molecular weight excluding hydrogens is 258 g/mol. The van der Waals surface area contributed by atoms with Gasteiger partial charge in [0.05, 0.1) is 0 Å². The molecule has 3 rings (SSSR count). The molecule has 0 radical (unpaired) electrons. The number of hydrogen-bond acceptors (Lipinski definition) is 1. The number of nitrogens with zero attached hydrogens (tertiary/aromatic N) is 1. The zero-order valence-corrected chi connectivity index (χ0v) is 12.5. The van der Waals surface area contributed by atoms with Crippen molar-refractivity contribution in [3.63, 3.8) is 0 Å².